The van der Waals surface area contributed by atoms with Crippen LogP contribution in [0.4, 0.5) is 0 Å². The first-order valence-electron chi connectivity index (χ1n) is 5.97. The van der Waals surface area contributed by atoms with Gasteiger partial charge < -0.3 is 9.47 Å². The van der Waals surface area contributed by atoms with Gasteiger partial charge in [-0.2, -0.15) is 0 Å². The highest BCUT2D eigenvalue weighted by atomic mass is 35.5. The van der Waals surface area contributed by atoms with E-state index in [1.165, 1.54) is 0 Å². The Morgan fingerprint density at radius 2 is 2.11 bits per heavy atom. The molecule has 0 aliphatic carbocycles. The number of hydrogen-bond donors (Lipinski definition) is 0. The highest BCUT2D eigenvalue weighted by Crippen LogP contribution is 2.21. The van der Waals surface area contributed by atoms with E-state index in [0.29, 0.717) is 10.9 Å². The third kappa shape index (κ3) is 2.97. The monoisotopic (exact) mass is 285 g/mol. The van der Waals surface area contributed by atoms with E-state index in [1.54, 1.807) is 0 Å². The van der Waals surface area contributed by atoms with Crippen molar-refractivity contribution in [1.29, 1.82) is 0 Å². The van der Waals surface area contributed by atoms with E-state index in [4.69, 9.17) is 23.2 Å². The molecule has 0 N–H and O–H groups in total. The van der Waals surface area contributed by atoms with Crippen LogP contribution in [0.15, 0.2) is 18.2 Å². The maximum Gasteiger partial charge on any atom is 0.124 e. The predicted molar refractivity (Wildman–Crippen MR) is 77.5 cm³/mol. The van der Waals surface area contributed by atoms with Crippen molar-refractivity contribution in [2.24, 2.45) is 0 Å². The van der Waals surface area contributed by atoms with Crippen LogP contribution >= 0.6 is 23.2 Å². The molecule has 0 atom stereocenters. The van der Waals surface area contributed by atoms with Gasteiger partial charge in [-0.3, -0.25) is 0 Å². The Balaban J connectivity index is 2.29. The molecule has 0 spiro atoms. The first-order chi connectivity index (χ1) is 8.61. The summed E-state index contributed by atoms with van der Waals surface area (Å²) >= 11 is 11.9. The van der Waals surface area contributed by atoms with Crippen molar-refractivity contribution < 1.29 is 0 Å². The van der Waals surface area contributed by atoms with Gasteiger partial charge in [0.1, 0.15) is 5.82 Å². The molecule has 0 unspecified atom stereocenters. The molecule has 5 heteroatoms. The quantitative estimate of drug-likeness (QED) is 0.786. The van der Waals surface area contributed by atoms with E-state index in [0.717, 1.165) is 36.4 Å². The van der Waals surface area contributed by atoms with Crippen LogP contribution in [0, 0.1) is 0 Å². The zero-order valence-electron chi connectivity index (χ0n) is 10.7. The summed E-state index contributed by atoms with van der Waals surface area (Å²) in [7, 11) is 4.16. The number of imidazole rings is 1. The van der Waals surface area contributed by atoms with Crippen LogP contribution in [0.2, 0.25) is 5.02 Å². The number of aryl methyl sites for hydroxylation is 1. The average molecular weight is 286 g/mol. The van der Waals surface area contributed by atoms with Crippen molar-refractivity contribution in [1.82, 2.24) is 14.5 Å². The topological polar surface area (TPSA) is 21.1 Å². The largest absolute Gasteiger partial charge is 0.327 e. The number of halogens is 2. The van der Waals surface area contributed by atoms with E-state index in [9.17, 15) is 0 Å². The molecule has 0 bridgehead atoms. The Hall–Kier alpha value is -0.770. The van der Waals surface area contributed by atoms with Crippen LogP contribution in [0.1, 0.15) is 12.2 Å². The Morgan fingerprint density at radius 3 is 2.78 bits per heavy atom. The molecule has 1 heterocycles. The van der Waals surface area contributed by atoms with Crippen molar-refractivity contribution in [3.8, 4) is 0 Å². The van der Waals surface area contributed by atoms with Crippen molar-refractivity contribution in [2.75, 3.05) is 20.6 Å². The molecule has 0 radical (unpaired) electrons. The van der Waals surface area contributed by atoms with Gasteiger partial charge in [-0.25, -0.2) is 4.98 Å². The van der Waals surface area contributed by atoms with Crippen molar-refractivity contribution in [3.63, 3.8) is 0 Å². The maximum atomic E-state index is 5.98. The summed E-state index contributed by atoms with van der Waals surface area (Å²) in [6, 6.07) is 5.79. The minimum absolute atomic E-state index is 0.425. The molecular formula is C13H17Cl2N3. The Morgan fingerprint density at radius 1 is 1.33 bits per heavy atom. The van der Waals surface area contributed by atoms with Crippen molar-refractivity contribution in [2.45, 2.75) is 18.8 Å². The number of benzene rings is 1. The minimum atomic E-state index is 0.425. The highest BCUT2D eigenvalue weighted by molar-refractivity contribution is 6.31. The lowest BCUT2D eigenvalue weighted by Crippen LogP contribution is -2.15. The zero-order valence-corrected chi connectivity index (χ0v) is 12.2. The average Bonchev–Trinajstić information content (AvgIpc) is 2.66. The third-order valence-corrected chi connectivity index (χ3v) is 3.37. The Labute approximate surface area is 117 Å². The number of hydrogen-bond acceptors (Lipinski definition) is 2. The Bertz CT molecular complexity index is 534. The number of aromatic nitrogens is 2. The summed E-state index contributed by atoms with van der Waals surface area (Å²) in [4.78, 5) is 6.70. The number of alkyl halides is 1. The molecule has 1 aromatic heterocycles. The van der Waals surface area contributed by atoms with Crippen molar-refractivity contribution >= 4 is 34.2 Å². The van der Waals surface area contributed by atoms with Gasteiger partial charge in [-0.1, -0.05) is 11.6 Å². The number of nitrogens with zero attached hydrogens (tertiary/aromatic N) is 3. The van der Waals surface area contributed by atoms with Crippen LogP contribution in [0.5, 0.6) is 0 Å². The summed E-state index contributed by atoms with van der Waals surface area (Å²) in [5, 5.41) is 0.710. The van der Waals surface area contributed by atoms with Crippen LogP contribution < -0.4 is 0 Å². The second-order valence-corrected chi connectivity index (χ2v) is 5.31. The first kappa shape index (κ1) is 13.7. The fourth-order valence-electron chi connectivity index (χ4n) is 2.05. The fourth-order valence-corrected chi connectivity index (χ4v) is 2.42. The summed E-state index contributed by atoms with van der Waals surface area (Å²) in [6.45, 7) is 1.98. The minimum Gasteiger partial charge on any atom is -0.327 e. The molecule has 0 aliphatic rings. The maximum absolute atomic E-state index is 5.98. The third-order valence-electron chi connectivity index (χ3n) is 2.90. The van der Waals surface area contributed by atoms with E-state index in [1.807, 2.05) is 18.2 Å². The fraction of sp³-hybridized carbons (Fsp3) is 0.462. The summed E-state index contributed by atoms with van der Waals surface area (Å²) in [5.41, 5.74) is 2.02. The van der Waals surface area contributed by atoms with E-state index < -0.39 is 0 Å². The molecule has 2 rings (SSSR count). The van der Waals surface area contributed by atoms with Crippen LogP contribution in [-0.4, -0.2) is 35.1 Å². The molecule has 3 nitrogen and oxygen atoms in total. The smallest absolute Gasteiger partial charge is 0.124 e. The van der Waals surface area contributed by atoms with Gasteiger partial charge in [0.15, 0.2) is 0 Å². The van der Waals surface area contributed by atoms with Gasteiger partial charge in [-0.15, -0.1) is 11.6 Å². The highest BCUT2D eigenvalue weighted by Gasteiger charge is 2.09. The molecule has 98 valence electrons. The standard InChI is InChI=1S/C13H17Cl2N3/c1-17(2)6-3-7-18-12-5-4-10(15)8-11(12)16-13(18)9-14/h4-5,8H,3,6-7,9H2,1-2H3. The lowest BCUT2D eigenvalue weighted by Gasteiger charge is -2.11. The predicted octanol–water partition coefficient (Wildman–Crippen LogP) is 3.38. The summed E-state index contributed by atoms with van der Waals surface area (Å²) < 4.78 is 2.18. The molecule has 0 saturated carbocycles. The lowest BCUT2D eigenvalue weighted by atomic mass is 10.3. The van der Waals surface area contributed by atoms with Gasteiger partial charge in [0.2, 0.25) is 0 Å². The van der Waals surface area contributed by atoms with Gasteiger partial charge >= 0.3 is 0 Å². The normalized spacial score (nSPS) is 11.6. The van der Waals surface area contributed by atoms with Crippen LogP contribution in [0.3, 0.4) is 0 Å². The van der Waals surface area contributed by atoms with Gasteiger partial charge in [0, 0.05) is 11.6 Å². The number of fused-ring (bicyclic) bond motifs is 1. The van der Waals surface area contributed by atoms with E-state index in [-0.39, 0.29) is 0 Å². The second-order valence-electron chi connectivity index (χ2n) is 4.60. The molecule has 0 saturated heterocycles. The lowest BCUT2D eigenvalue weighted by molar-refractivity contribution is 0.386. The van der Waals surface area contributed by atoms with E-state index in [2.05, 4.69) is 28.5 Å². The van der Waals surface area contributed by atoms with E-state index >= 15 is 0 Å². The van der Waals surface area contributed by atoms with Crippen LogP contribution in [-0.2, 0) is 12.4 Å². The van der Waals surface area contributed by atoms with Crippen molar-refractivity contribution in [3.05, 3.63) is 29.0 Å². The molecule has 2 aromatic rings. The molecule has 0 fully saturated rings. The molecule has 0 amide bonds. The van der Waals surface area contributed by atoms with Gasteiger partial charge in [0.25, 0.3) is 0 Å². The summed E-state index contributed by atoms with van der Waals surface area (Å²) in [6.07, 6.45) is 1.07. The molecule has 18 heavy (non-hydrogen) atoms. The number of rotatable bonds is 5. The van der Waals surface area contributed by atoms with Gasteiger partial charge in [-0.05, 0) is 45.3 Å². The SMILES string of the molecule is CN(C)CCCn1c(CCl)nc2cc(Cl)ccc21. The van der Waals surface area contributed by atoms with Gasteiger partial charge in [0.05, 0.1) is 16.9 Å². The second kappa shape index (κ2) is 5.91. The van der Waals surface area contributed by atoms with Crippen LogP contribution in [0.25, 0.3) is 11.0 Å². The summed E-state index contributed by atoms with van der Waals surface area (Å²) in [5.74, 6) is 1.33. The molecule has 0 aliphatic heterocycles. The first-order valence-corrected chi connectivity index (χ1v) is 6.88. The Kier molecular flexibility index (Phi) is 4.49. The molecule has 1 aromatic carbocycles. The molecular weight excluding hydrogens is 269 g/mol. The zero-order chi connectivity index (χ0) is 13.1.